The van der Waals surface area contributed by atoms with E-state index in [1.165, 1.54) is 28.8 Å². The number of rotatable bonds is 6. The third-order valence-corrected chi connectivity index (χ3v) is 5.66. The first-order valence-electron chi connectivity index (χ1n) is 11.2. The van der Waals surface area contributed by atoms with Gasteiger partial charge in [-0.05, 0) is 48.0 Å². The summed E-state index contributed by atoms with van der Waals surface area (Å²) in [5, 5.41) is 3.72. The minimum absolute atomic E-state index is 0.127. The molecular formula is C28H19F3N2O4. The van der Waals surface area contributed by atoms with Crippen molar-refractivity contribution in [3.63, 3.8) is 0 Å². The van der Waals surface area contributed by atoms with Crippen molar-refractivity contribution in [2.24, 2.45) is 0 Å². The van der Waals surface area contributed by atoms with Crippen LogP contribution in [0.15, 0.2) is 106 Å². The van der Waals surface area contributed by atoms with Gasteiger partial charge in [0.05, 0.1) is 6.54 Å². The zero-order valence-corrected chi connectivity index (χ0v) is 19.2. The number of anilines is 1. The number of fused-ring (bicyclic) bond motifs is 1. The lowest BCUT2D eigenvalue weighted by molar-refractivity contribution is -0.274. The molecule has 2 heterocycles. The van der Waals surface area contributed by atoms with E-state index in [1.54, 1.807) is 42.6 Å². The fourth-order valence-electron chi connectivity index (χ4n) is 3.95. The maximum atomic E-state index is 13.1. The number of carbonyl (C=O) groups excluding carboxylic acids is 1. The normalized spacial score (nSPS) is 11.4. The Labute approximate surface area is 208 Å². The molecule has 5 aromatic rings. The van der Waals surface area contributed by atoms with Crippen LogP contribution in [0.5, 0.6) is 5.75 Å². The molecular weight excluding hydrogens is 485 g/mol. The minimum Gasteiger partial charge on any atom is -0.451 e. The molecule has 6 nitrogen and oxygen atoms in total. The Morgan fingerprint density at radius 2 is 1.62 bits per heavy atom. The molecule has 0 unspecified atom stereocenters. The van der Waals surface area contributed by atoms with Crippen molar-refractivity contribution >= 4 is 22.4 Å². The lowest BCUT2D eigenvalue weighted by Gasteiger charge is -2.12. The molecule has 0 fully saturated rings. The van der Waals surface area contributed by atoms with Crippen molar-refractivity contribution in [3.8, 4) is 17.1 Å². The lowest BCUT2D eigenvalue weighted by Crippen LogP contribution is -2.21. The van der Waals surface area contributed by atoms with Crippen LogP contribution in [0.25, 0.3) is 22.1 Å². The molecule has 37 heavy (non-hydrogen) atoms. The van der Waals surface area contributed by atoms with Gasteiger partial charge < -0.3 is 19.0 Å². The summed E-state index contributed by atoms with van der Waals surface area (Å²) in [5.74, 6) is -0.110. The highest BCUT2D eigenvalue weighted by atomic mass is 19.4. The monoisotopic (exact) mass is 504 g/mol. The second-order valence-corrected chi connectivity index (χ2v) is 8.19. The highest BCUT2D eigenvalue weighted by molar-refractivity contribution is 6.07. The summed E-state index contributed by atoms with van der Waals surface area (Å²) in [6.07, 6.45) is -3.20. The number of aromatic nitrogens is 1. The number of hydrogen-bond donors (Lipinski definition) is 1. The number of ether oxygens (including phenoxy) is 1. The van der Waals surface area contributed by atoms with Crippen LogP contribution in [-0.2, 0) is 6.54 Å². The number of nitrogens with zero attached hydrogens (tertiary/aromatic N) is 1. The standard InChI is InChI=1S/C28H19F3N2O4/c29-28(30,31)37-20-11-9-18(10-12-20)17-33-16-15-21-22(27(33)35)7-4-8-23(21)32-26(34)25-14-13-24(36-25)19-5-2-1-3-6-19/h1-16H,17H2,(H,32,34). The molecule has 5 rings (SSSR count). The van der Waals surface area contributed by atoms with Crippen molar-refractivity contribution < 1.29 is 27.1 Å². The predicted molar refractivity (Wildman–Crippen MR) is 133 cm³/mol. The van der Waals surface area contributed by atoms with E-state index in [1.807, 2.05) is 30.3 Å². The Bertz CT molecular complexity index is 1620. The van der Waals surface area contributed by atoms with Gasteiger partial charge in [0, 0.05) is 28.2 Å². The van der Waals surface area contributed by atoms with Crippen LogP contribution in [0, 0.1) is 0 Å². The summed E-state index contributed by atoms with van der Waals surface area (Å²) in [7, 11) is 0. The van der Waals surface area contributed by atoms with Crippen LogP contribution in [0.1, 0.15) is 16.1 Å². The summed E-state index contributed by atoms with van der Waals surface area (Å²) in [4.78, 5) is 26.0. The second-order valence-electron chi connectivity index (χ2n) is 8.19. The van der Waals surface area contributed by atoms with Gasteiger partial charge in [-0.15, -0.1) is 13.2 Å². The molecule has 0 spiro atoms. The minimum atomic E-state index is -4.77. The summed E-state index contributed by atoms with van der Waals surface area (Å²) in [6.45, 7) is 0.145. The van der Waals surface area contributed by atoms with Gasteiger partial charge in [-0.2, -0.15) is 0 Å². The maximum Gasteiger partial charge on any atom is 0.573 e. The summed E-state index contributed by atoms with van der Waals surface area (Å²) >= 11 is 0. The fraction of sp³-hybridized carbons (Fsp3) is 0.0714. The van der Waals surface area contributed by atoms with Crippen LogP contribution in [-0.4, -0.2) is 16.8 Å². The molecule has 1 N–H and O–H groups in total. The van der Waals surface area contributed by atoms with Gasteiger partial charge in [0.15, 0.2) is 5.76 Å². The average Bonchev–Trinajstić information content (AvgIpc) is 3.38. The molecule has 0 atom stereocenters. The fourth-order valence-corrected chi connectivity index (χ4v) is 3.95. The number of nitrogens with one attached hydrogen (secondary N) is 1. The second kappa shape index (κ2) is 9.69. The van der Waals surface area contributed by atoms with Crippen molar-refractivity contribution in [3.05, 3.63) is 119 Å². The van der Waals surface area contributed by atoms with Crippen molar-refractivity contribution in [1.29, 1.82) is 0 Å². The van der Waals surface area contributed by atoms with Crippen LogP contribution in [0.3, 0.4) is 0 Å². The quantitative estimate of drug-likeness (QED) is 0.288. The highest BCUT2D eigenvalue weighted by Crippen LogP contribution is 2.26. The van der Waals surface area contributed by atoms with E-state index < -0.39 is 12.3 Å². The zero-order valence-electron chi connectivity index (χ0n) is 19.2. The number of hydrogen-bond acceptors (Lipinski definition) is 4. The Morgan fingerprint density at radius 3 is 2.35 bits per heavy atom. The van der Waals surface area contributed by atoms with E-state index in [-0.39, 0.29) is 23.6 Å². The number of furan rings is 1. The molecule has 186 valence electrons. The molecule has 2 aromatic heterocycles. The van der Waals surface area contributed by atoms with Gasteiger partial charge in [0.1, 0.15) is 11.5 Å². The van der Waals surface area contributed by atoms with Crippen molar-refractivity contribution in [2.75, 3.05) is 5.32 Å². The smallest absolute Gasteiger partial charge is 0.451 e. The predicted octanol–water partition coefficient (Wildman–Crippen LogP) is 6.46. The molecule has 3 aromatic carbocycles. The summed E-state index contributed by atoms with van der Waals surface area (Å²) < 4.78 is 48.1. The molecule has 0 aliphatic rings. The number of benzene rings is 3. The highest BCUT2D eigenvalue weighted by Gasteiger charge is 2.31. The molecule has 0 radical (unpaired) electrons. The molecule has 0 aliphatic heterocycles. The number of halogens is 3. The van der Waals surface area contributed by atoms with Gasteiger partial charge in [-0.1, -0.05) is 48.5 Å². The Hall–Kier alpha value is -4.79. The van der Waals surface area contributed by atoms with E-state index in [9.17, 15) is 22.8 Å². The molecule has 0 saturated carbocycles. The van der Waals surface area contributed by atoms with E-state index >= 15 is 0 Å². The maximum absolute atomic E-state index is 13.1. The first-order chi connectivity index (χ1) is 17.8. The van der Waals surface area contributed by atoms with Crippen LogP contribution < -0.4 is 15.6 Å². The molecule has 1 amide bonds. The summed E-state index contributed by atoms with van der Waals surface area (Å²) in [5.41, 5.74) is 1.59. The van der Waals surface area contributed by atoms with Gasteiger partial charge in [-0.25, -0.2) is 0 Å². The topological polar surface area (TPSA) is 73.5 Å². The third-order valence-electron chi connectivity index (χ3n) is 5.66. The van der Waals surface area contributed by atoms with Gasteiger partial charge in [0.25, 0.3) is 11.5 Å². The average molecular weight is 504 g/mol. The van der Waals surface area contributed by atoms with Gasteiger partial charge in [0.2, 0.25) is 0 Å². The largest absolute Gasteiger partial charge is 0.573 e. The lowest BCUT2D eigenvalue weighted by atomic mass is 10.1. The molecule has 0 bridgehead atoms. The Kier molecular flexibility index (Phi) is 6.27. The molecule has 0 aliphatic carbocycles. The van der Waals surface area contributed by atoms with E-state index in [0.717, 1.165) is 5.56 Å². The van der Waals surface area contributed by atoms with E-state index in [2.05, 4.69) is 10.1 Å². The third kappa shape index (κ3) is 5.40. The summed E-state index contributed by atoms with van der Waals surface area (Å²) in [6, 6.07) is 24.7. The number of amides is 1. The van der Waals surface area contributed by atoms with Crippen molar-refractivity contribution in [2.45, 2.75) is 12.9 Å². The number of alkyl halides is 3. The van der Waals surface area contributed by atoms with Crippen LogP contribution in [0.4, 0.5) is 18.9 Å². The Balaban J connectivity index is 1.36. The van der Waals surface area contributed by atoms with Gasteiger partial charge in [-0.3, -0.25) is 9.59 Å². The first-order valence-corrected chi connectivity index (χ1v) is 11.2. The number of pyridine rings is 1. The molecule has 9 heteroatoms. The van der Waals surface area contributed by atoms with Crippen LogP contribution >= 0.6 is 0 Å². The van der Waals surface area contributed by atoms with Crippen LogP contribution in [0.2, 0.25) is 0 Å². The SMILES string of the molecule is O=C(Nc1cccc2c(=O)n(Cc3ccc(OC(F)(F)F)cc3)ccc12)c1ccc(-c2ccccc2)o1. The van der Waals surface area contributed by atoms with Gasteiger partial charge >= 0.3 is 6.36 Å². The first kappa shape index (κ1) is 23.9. The Morgan fingerprint density at radius 1 is 0.865 bits per heavy atom. The molecule has 0 saturated heterocycles. The van der Waals surface area contributed by atoms with E-state index in [4.69, 9.17) is 4.42 Å². The zero-order chi connectivity index (χ0) is 26.0. The van der Waals surface area contributed by atoms with Crippen molar-refractivity contribution in [1.82, 2.24) is 4.57 Å². The van der Waals surface area contributed by atoms with E-state index in [0.29, 0.717) is 27.8 Å². The number of carbonyl (C=O) groups is 1.